The van der Waals surface area contributed by atoms with Gasteiger partial charge in [0.1, 0.15) is 11.5 Å². The van der Waals surface area contributed by atoms with Crippen LogP contribution in [-0.4, -0.2) is 66.4 Å². The van der Waals surface area contributed by atoms with E-state index in [2.05, 4.69) is 25.5 Å². The molecule has 1 aliphatic rings. The standard InChI is InChI=1S/C24H30N6O4/c1-16-19(6-10-24(31)25-20-7-5-18(32-3)15-21(20)33-4)17(2)30(28-16)23-9-8-22(26-27-23)29-11-13-34-14-12-29/h5,7-9,15H,6,10-14H2,1-4H3,(H,25,31). The number of rotatable bonds is 8. The second-order valence-electron chi connectivity index (χ2n) is 8.02. The number of hydrogen-bond donors (Lipinski definition) is 1. The molecule has 10 heteroatoms. The molecule has 4 rings (SSSR count). The van der Waals surface area contributed by atoms with Crippen molar-refractivity contribution in [2.45, 2.75) is 26.7 Å². The first-order chi connectivity index (χ1) is 16.5. The normalized spacial score (nSPS) is 13.6. The SMILES string of the molecule is COc1ccc(NC(=O)CCc2c(C)nn(-c3ccc(N4CCOCC4)nn3)c2C)c(OC)c1. The lowest BCUT2D eigenvalue weighted by Crippen LogP contribution is -2.36. The molecular formula is C24H30N6O4. The molecule has 2 aromatic heterocycles. The summed E-state index contributed by atoms with van der Waals surface area (Å²) in [5.74, 6) is 2.59. The number of benzene rings is 1. The van der Waals surface area contributed by atoms with Gasteiger partial charge in [0.25, 0.3) is 0 Å². The number of aryl methyl sites for hydroxylation is 1. The quantitative estimate of drug-likeness (QED) is 0.541. The maximum Gasteiger partial charge on any atom is 0.224 e. The van der Waals surface area contributed by atoms with Crippen molar-refractivity contribution in [2.24, 2.45) is 0 Å². The van der Waals surface area contributed by atoms with Crippen molar-refractivity contribution in [1.29, 1.82) is 0 Å². The highest BCUT2D eigenvalue weighted by atomic mass is 16.5. The van der Waals surface area contributed by atoms with Gasteiger partial charge in [0, 0.05) is 31.3 Å². The third-order valence-electron chi connectivity index (χ3n) is 5.91. The summed E-state index contributed by atoms with van der Waals surface area (Å²) in [5.41, 5.74) is 3.44. The number of ether oxygens (including phenoxy) is 3. The zero-order valence-electron chi connectivity index (χ0n) is 20.0. The predicted octanol–water partition coefficient (Wildman–Crippen LogP) is 2.70. The zero-order valence-corrected chi connectivity index (χ0v) is 20.0. The smallest absolute Gasteiger partial charge is 0.224 e. The van der Waals surface area contributed by atoms with Gasteiger partial charge < -0.3 is 24.4 Å². The number of amides is 1. The number of anilines is 2. The summed E-state index contributed by atoms with van der Waals surface area (Å²) in [6.45, 7) is 6.94. The largest absolute Gasteiger partial charge is 0.497 e. The Labute approximate surface area is 198 Å². The number of nitrogens with zero attached hydrogens (tertiary/aromatic N) is 5. The Morgan fingerprint density at radius 2 is 1.79 bits per heavy atom. The highest BCUT2D eigenvalue weighted by Gasteiger charge is 2.17. The molecule has 1 N–H and O–H groups in total. The van der Waals surface area contributed by atoms with Crippen LogP contribution >= 0.6 is 0 Å². The third-order valence-corrected chi connectivity index (χ3v) is 5.91. The maximum atomic E-state index is 12.6. The van der Waals surface area contributed by atoms with E-state index in [-0.39, 0.29) is 5.91 Å². The molecule has 0 spiro atoms. The Hall–Kier alpha value is -3.66. The molecular weight excluding hydrogens is 436 g/mol. The number of carbonyl (C=O) groups is 1. The Balaban J connectivity index is 1.42. The van der Waals surface area contributed by atoms with Crippen molar-refractivity contribution in [1.82, 2.24) is 20.0 Å². The molecule has 0 atom stereocenters. The predicted molar refractivity (Wildman–Crippen MR) is 128 cm³/mol. The van der Waals surface area contributed by atoms with Crippen LogP contribution in [0.4, 0.5) is 11.5 Å². The number of morpholine rings is 1. The van der Waals surface area contributed by atoms with Crippen molar-refractivity contribution >= 4 is 17.4 Å². The van der Waals surface area contributed by atoms with Gasteiger partial charge in [-0.3, -0.25) is 4.79 Å². The van der Waals surface area contributed by atoms with Gasteiger partial charge in [0.15, 0.2) is 11.6 Å². The van der Waals surface area contributed by atoms with Crippen LogP contribution in [0.5, 0.6) is 11.5 Å². The lowest BCUT2D eigenvalue weighted by Gasteiger charge is -2.27. The summed E-state index contributed by atoms with van der Waals surface area (Å²) in [6, 6.07) is 9.16. The van der Waals surface area contributed by atoms with Gasteiger partial charge in [-0.25, -0.2) is 4.68 Å². The van der Waals surface area contributed by atoms with E-state index >= 15 is 0 Å². The molecule has 3 aromatic rings. The van der Waals surface area contributed by atoms with E-state index in [1.807, 2.05) is 26.0 Å². The average molecular weight is 467 g/mol. The van der Waals surface area contributed by atoms with Gasteiger partial charge in [0.05, 0.1) is 38.8 Å². The molecule has 180 valence electrons. The van der Waals surface area contributed by atoms with E-state index in [9.17, 15) is 4.79 Å². The van der Waals surface area contributed by atoms with Crippen molar-refractivity contribution in [2.75, 3.05) is 50.7 Å². The van der Waals surface area contributed by atoms with Crippen molar-refractivity contribution < 1.29 is 19.0 Å². The van der Waals surface area contributed by atoms with E-state index in [0.29, 0.717) is 49.1 Å². The fraction of sp³-hybridized carbons (Fsp3) is 0.417. The zero-order chi connectivity index (χ0) is 24.1. The van der Waals surface area contributed by atoms with Crippen LogP contribution in [0.1, 0.15) is 23.4 Å². The summed E-state index contributed by atoms with van der Waals surface area (Å²) in [7, 11) is 3.14. The number of hydrogen-bond acceptors (Lipinski definition) is 8. The highest BCUT2D eigenvalue weighted by molar-refractivity contribution is 5.92. The fourth-order valence-corrected chi connectivity index (χ4v) is 4.01. The molecule has 1 aliphatic heterocycles. The van der Waals surface area contributed by atoms with Crippen LogP contribution in [0.2, 0.25) is 0 Å². The van der Waals surface area contributed by atoms with E-state index in [1.165, 1.54) is 0 Å². The lowest BCUT2D eigenvalue weighted by atomic mass is 10.1. The second-order valence-corrected chi connectivity index (χ2v) is 8.02. The van der Waals surface area contributed by atoms with Crippen LogP contribution in [0, 0.1) is 13.8 Å². The average Bonchev–Trinajstić information content (AvgIpc) is 3.16. The summed E-state index contributed by atoms with van der Waals surface area (Å²) >= 11 is 0. The van der Waals surface area contributed by atoms with Gasteiger partial charge in [-0.15, -0.1) is 10.2 Å². The molecule has 1 amide bonds. The molecule has 0 aliphatic carbocycles. The van der Waals surface area contributed by atoms with Gasteiger partial charge in [-0.05, 0) is 50.1 Å². The number of aromatic nitrogens is 4. The second kappa shape index (κ2) is 10.5. The minimum atomic E-state index is -0.107. The van der Waals surface area contributed by atoms with E-state index in [1.54, 1.807) is 37.1 Å². The van der Waals surface area contributed by atoms with Crippen LogP contribution in [-0.2, 0) is 16.0 Å². The van der Waals surface area contributed by atoms with Crippen LogP contribution in [0.25, 0.3) is 5.82 Å². The number of nitrogens with one attached hydrogen (secondary N) is 1. The van der Waals surface area contributed by atoms with E-state index in [4.69, 9.17) is 14.2 Å². The van der Waals surface area contributed by atoms with Crippen LogP contribution in [0.15, 0.2) is 30.3 Å². The lowest BCUT2D eigenvalue weighted by molar-refractivity contribution is -0.116. The molecule has 0 saturated carbocycles. The molecule has 1 saturated heterocycles. The molecule has 0 unspecified atom stereocenters. The summed E-state index contributed by atoms with van der Waals surface area (Å²) in [6.07, 6.45) is 0.867. The van der Waals surface area contributed by atoms with Crippen molar-refractivity contribution in [3.63, 3.8) is 0 Å². The summed E-state index contributed by atoms with van der Waals surface area (Å²) < 4.78 is 17.7. The number of methoxy groups -OCH3 is 2. The van der Waals surface area contributed by atoms with Crippen molar-refractivity contribution in [3.05, 3.63) is 47.3 Å². The minimum Gasteiger partial charge on any atom is -0.497 e. The third kappa shape index (κ3) is 5.12. The Morgan fingerprint density at radius 1 is 1.06 bits per heavy atom. The van der Waals surface area contributed by atoms with E-state index < -0.39 is 0 Å². The molecule has 34 heavy (non-hydrogen) atoms. The minimum absolute atomic E-state index is 0.107. The highest BCUT2D eigenvalue weighted by Crippen LogP contribution is 2.29. The van der Waals surface area contributed by atoms with Gasteiger partial charge in [0.2, 0.25) is 5.91 Å². The molecule has 1 aromatic carbocycles. The topological polar surface area (TPSA) is 104 Å². The van der Waals surface area contributed by atoms with Crippen molar-refractivity contribution in [3.8, 4) is 17.3 Å². The number of carbonyl (C=O) groups excluding carboxylic acids is 1. The summed E-state index contributed by atoms with van der Waals surface area (Å²) in [5, 5.41) is 16.3. The Morgan fingerprint density at radius 3 is 2.47 bits per heavy atom. The monoisotopic (exact) mass is 466 g/mol. The molecule has 3 heterocycles. The summed E-state index contributed by atoms with van der Waals surface area (Å²) in [4.78, 5) is 14.8. The Bertz CT molecular complexity index is 1140. The van der Waals surface area contributed by atoms with Gasteiger partial charge >= 0.3 is 0 Å². The molecule has 10 nitrogen and oxygen atoms in total. The van der Waals surface area contributed by atoms with Gasteiger partial charge in [-0.2, -0.15) is 5.10 Å². The molecule has 0 radical (unpaired) electrons. The first kappa shape index (κ1) is 23.5. The van der Waals surface area contributed by atoms with Crippen LogP contribution in [0.3, 0.4) is 0 Å². The van der Waals surface area contributed by atoms with E-state index in [0.717, 1.165) is 35.9 Å². The first-order valence-electron chi connectivity index (χ1n) is 11.2. The van der Waals surface area contributed by atoms with Crippen LogP contribution < -0.4 is 19.7 Å². The molecule has 0 bridgehead atoms. The van der Waals surface area contributed by atoms with Gasteiger partial charge in [-0.1, -0.05) is 0 Å². The first-order valence-corrected chi connectivity index (χ1v) is 11.2. The molecule has 1 fully saturated rings. The Kier molecular flexibility index (Phi) is 7.27. The maximum absolute atomic E-state index is 12.6. The fourth-order valence-electron chi connectivity index (χ4n) is 4.01.